The normalized spacial score (nSPS) is 25.5. The zero-order valence-corrected chi connectivity index (χ0v) is 9.20. The molecule has 0 aliphatic carbocycles. The summed E-state index contributed by atoms with van der Waals surface area (Å²) in [6.07, 6.45) is 0. The SMILES string of the molecule is S=C1SCCN1CN1CCOCC1. The van der Waals surface area contributed by atoms with Crippen molar-refractivity contribution in [1.29, 1.82) is 0 Å². The van der Waals surface area contributed by atoms with Gasteiger partial charge in [0, 0.05) is 25.4 Å². The fourth-order valence-corrected chi connectivity index (χ4v) is 2.76. The highest BCUT2D eigenvalue weighted by Gasteiger charge is 2.20. The van der Waals surface area contributed by atoms with Crippen LogP contribution < -0.4 is 0 Å². The highest BCUT2D eigenvalue weighted by atomic mass is 32.2. The molecule has 0 aromatic carbocycles. The largest absolute Gasteiger partial charge is 0.379 e. The number of thioether (sulfide) groups is 1. The first-order valence-corrected chi connectivity index (χ1v) is 5.97. The Bertz CT molecular complexity index is 195. The Hall–Kier alpha value is 0.160. The van der Waals surface area contributed by atoms with E-state index < -0.39 is 0 Å². The number of ether oxygens (including phenoxy) is 1. The molecule has 0 aromatic heterocycles. The van der Waals surface area contributed by atoms with Gasteiger partial charge < -0.3 is 9.64 Å². The molecule has 0 bridgehead atoms. The maximum Gasteiger partial charge on any atom is 0.137 e. The number of hydrogen-bond donors (Lipinski definition) is 0. The van der Waals surface area contributed by atoms with Crippen molar-refractivity contribution in [3.8, 4) is 0 Å². The fourth-order valence-electron chi connectivity index (χ4n) is 1.54. The highest BCUT2D eigenvalue weighted by molar-refractivity contribution is 8.23. The first kappa shape index (κ1) is 9.71. The summed E-state index contributed by atoms with van der Waals surface area (Å²) in [6, 6.07) is 0. The van der Waals surface area contributed by atoms with Crippen molar-refractivity contribution in [3.05, 3.63) is 0 Å². The molecule has 5 heteroatoms. The van der Waals surface area contributed by atoms with Gasteiger partial charge in [0.1, 0.15) is 4.32 Å². The molecule has 2 aliphatic heterocycles. The number of nitrogens with zero attached hydrogens (tertiary/aromatic N) is 2. The van der Waals surface area contributed by atoms with Gasteiger partial charge in [0.15, 0.2) is 0 Å². The highest BCUT2D eigenvalue weighted by Crippen LogP contribution is 2.18. The van der Waals surface area contributed by atoms with E-state index in [1.165, 1.54) is 0 Å². The molecule has 0 saturated carbocycles. The lowest BCUT2D eigenvalue weighted by Crippen LogP contribution is -2.44. The molecule has 0 unspecified atom stereocenters. The van der Waals surface area contributed by atoms with Crippen molar-refractivity contribution in [3.63, 3.8) is 0 Å². The van der Waals surface area contributed by atoms with Crippen LogP contribution in [0.5, 0.6) is 0 Å². The molecule has 3 nitrogen and oxygen atoms in total. The van der Waals surface area contributed by atoms with Crippen LogP contribution in [0.25, 0.3) is 0 Å². The Balaban J connectivity index is 1.79. The molecule has 0 aromatic rings. The van der Waals surface area contributed by atoms with Gasteiger partial charge >= 0.3 is 0 Å². The monoisotopic (exact) mass is 218 g/mol. The third kappa shape index (κ3) is 2.56. The van der Waals surface area contributed by atoms with Crippen LogP contribution in [0.3, 0.4) is 0 Å². The molecule has 2 rings (SSSR count). The van der Waals surface area contributed by atoms with E-state index in [4.69, 9.17) is 17.0 Å². The second-order valence-corrected chi connectivity index (χ2v) is 4.98. The molecule has 2 saturated heterocycles. The van der Waals surface area contributed by atoms with Crippen LogP contribution >= 0.6 is 24.0 Å². The van der Waals surface area contributed by atoms with Gasteiger partial charge in [-0.3, -0.25) is 4.90 Å². The third-order valence-electron chi connectivity index (χ3n) is 2.32. The van der Waals surface area contributed by atoms with E-state index in [0.717, 1.165) is 49.6 Å². The van der Waals surface area contributed by atoms with Gasteiger partial charge in [-0.2, -0.15) is 0 Å². The van der Waals surface area contributed by atoms with Crippen LogP contribution in [-0.2, 0) is 4.74 Å². The Kier molecular flexibility index (Phi) is 3.43. The van der Waals surface area contributed by atoms with Crippen molar-refractivity contribution >= 4 is 28.3 Å². The smallest absolute Gasteiger partial charge is 0.137 e. The van der Waals surface area contributed by atoms with Crippen molar-refractivity contribution in [2.24, 2.45) is 0 Å². The predicted molar refractivity (Wildman–Crippen MR) is 59.0 cm³/mol. The minimum absolute atomic E-state index is 0.869. The van der Waals surface area contributed by atoms with Crippen LogP contribution in [0.1, 0.15) is 0 Å². The van der Waals surface area contributed by atoms with Gasteiger partial charge in [0.05, 0.1) is 19.9 Å². The van der Waals surface area contributed by atoms with Crippen LogP contribution in [0.4, 0.5) is 0 Å². The lowest BCUT2D eigenvalue weighted by Gasteiger charge is -2.31. The average Bonchev–Trinajstić information content (AvgIpc) is 2.54. The molecule has 74 valence electrons. The van der Waals surface area contributed by atoms with Gasteiger partial charge in [0.25, 0.3) is 0 Å². The third-order valence-corrected chi connectivity index (χ3v) is 3.82. The zero-order chi connectivity index (χ0) is 9.10. The topological polar surface area (TPSA) is 15.7 Å². The summed E-state index contributed by atoms with van der Waals surface area (Å²) in [5.74, 6) is 1.16. The Morgan fingerprint density at radius 2 is 2.08 bits per heavy atom. The second-order valence-electron chi connectivity index (χ2n) is 3.25. The van der Waals surface area contributed by atoms with E-state index in [9.17, 15) is 0 Å². The molecule has 2 aliphatic rings. The van der Waals surface area contributed by atoms with Crippen LogP contribution in [-0.4, -0.2) is 59.4 Å². The maximum absolute atomic E-state index is 5.29. The molecule has 2 fully saturated rings. The Morgan fingerprint density at radius 3 is 2.69 bits per heavy atom. The Morgan fingerprint density at radius 1 is 1.31 bits per heavy atom. The summed E-state index contributed by atoms with van der Waals surface area (Å²) in [7, 11) is 0. The van der Waals surface area contributed by atoms with E-state index in [-0.39, 0.29) is 0 Å². The van der Waals surface area contributed by atoms with E-state index in [1.54, 1.807) is 11.8 Å². The molecule has 0 spiro atoms. The standard InChI is InChI=1S/C8H14N2OS2/c12-8-10(3-6-13-8)7-9-1-4-11-5-2-9/h1-7H2. The Labute approximate surface area is 88.4 Å². The average molecular weight is 218 g/mol. The number of rotatable bonds is 2. The summed E-state index contributed by atoms with van der Waals surface area (Å²) in [5.41, 5.74) is 0. The first-order valence-electron chi connectivity index (χ1n) is 4.58. The van der Waals surface area contributed by atoms with E-state index >= 15 is 0 Å². The summed E-state index contributed by atoms with van der Waals surface area (Å²) in [4.78, 5) is 4.69. The quantitative estimate of drug-likeness (QED) is 0.629. The summed E-state index contributed by atoms with van der Waals surface area (Å²) >= 11 is 7.03. The van der Waals surface area contributed by atoms with E-state index in [1.807, 2.05) is 0 Å². The van der Waals surface area contributed by atoms with Crippen LogP contribution in [0.2, 0.25) is 0 Å². The lowest BCUT2D eigenvalue weighted by atomic mass is 10.4. The van der Waals surface area contributed by atoms with Crippen molar-refractivity contribution in [1.82, 2.24) is 9.80 Å². The van der Waals surface area contributed by atoms with Gasteiger partial charge in [-0.1, -0.05) is 24.0 Å². The zero-order valence-electron chi connectivity index (χ0n) is 7.57. The number of morpholine rings is 1. The molecular formula is C8H14N2OS2. The predicted octanol–water partition coefficient (Wildman–Crippen LogP) is 0.610. The van der Waals surface area contributed by atoms with E-state index in [2.05, 4.69) is 9.80 Å². The molecule has 0 N–H and O–H groups in total. The molecular weight excluding hydrogens is 204 g/mol. The lowest BCUT2D eigenvalue weighted by molar-refractivity contribution is 0.0232. The van der Waals surface area contributed by atoms with Gasteiger partial charge in [-0.05, 0) is 0 Å². The van der Waals surface area contributed by atoms with Gasteiger partial charge in [0.2, 0.25) is 0 Å². The van der Waals surface area contributed by atoms with Crippen molar-refractivity contribution in [2.45, 2.75) is 0 Å². The van der Waals surface area contributed by atoms with Gasteiger partial charge in [-0.15, -0.1) is 0 Å². The molecule has 0 amide bonds. The molecule has 2 heterocycles. The van der Waals surface area contributed by atoms with Gasteiger partial charge in [-0.25, -0.2) is 0 Å². The summed E-state index contributed by atoms with van der Waals surface area (Å²) in [6.45, 7) is 5.94. The summed E-state index contributed by atoms with van der Waals surface area (Å²) < 4.78 is 6.35. The maximum atomic E-state index is 5.29. The van der Waals surface area contributed by atoms with Crippen molar-refractivity contribution in [2.75, 3.05) is 45.3 Å². The number of hydrogen-bond acceptors (Lipinski definition) is 4. The van der Waals surface area contributed by atoms with Crippen LogP contribution in [0.15, 0.2) is 0 Å². The van der Waals surface area contributed by atoms with Crippen LogP contribution in [0, 0.1) is 0 Å². The first-order chi connectivity index (χ1) is 6.36. The molecule has 13 heavy (non-hydrogen) atoms. The summed E-state index contributed by atoms with van der Waals surface area (Å²) in [5, 5.41) is 0. The van der Waals surface area contributed by atoms with E-state index in [0.29, 0.717) is 0 Å². The molecule has 0 atom stereocenters. The minimum Gasteiger partial charge on any atom is -0.379 e. The fraction of sp³-hybridized carbons (Fsp3) is 0.875. The van der Waals surface area contributed by atoms with Crippen molar-refractivity contribution < 1.29 is 4.74 Å². The second kappa shape index (κ2) is 4.59. The molecule has 0 radical (unpaired) electrons. The number of thiocarbonyl (C=S) groups is 1. The minimum atomic E-state index is 0.869.